The zero-order valence-electron chi connectivity index (χ0n) is 17.1. The lowest BCUT2D eigenvalue weighted by Gasteiger charge is -2.36. The predicted octanol–water partition coefficient (Wildman–Crippen LogP) is 3.84. The molecular weight excluding hydrogens is 405 g/mol. The number of carbonyl (C=O) groups excluding carboxylic acids is 1. The molecule has 0 saturated carbocycles. The molecule has 0 bridgehead atoms. The second kappa shape index (κ2) is 8.97. The molecule has 0 fully saturated rings. The van der Waals surface area contributed by atoms with E-state index in [0.717, 1.165) is 5.56 Å². The van der Waals surface area contributed by atoms with Gasteiger partial charge in [-0.05, 0) is 43.7 Å². The van der Waals surface area contributed by atoms with Gasteiger partial charge in [0.15, 0.2) is 11.4 Å². The molecule has 3 rings (SSSR count). The highest BCUT2D eigenvalue weighted by Crippen LogP contribution is 2.59. The molecule has 2 aromatic rings. The van der Waals surface area contributed by atoms with Crippen molar-refractivity contribution in [1.82, 2.24) is 4.98 Å². The second-order valence-electron chi connectivity index (χ2n) is 6.76. The summed E-state index contributed by atoms with van der Waals surface area (Å²) in [5, 5.41) is 13.2. The van der Waals surface area contributed by atoms with E-state index >= 15 is 0 Å². The van der Waals surface area contributed by atoms with E-state index in [1.54, 1.807) is 63.6 Å². The Hall–Kier alpha value is -2.72. The summed E-state index contributed by atoms with van der Waals surface area (Å²) in [5.41, 5.74) is -1.84. The third-order valence-corrected chi connectivity index (χ3v) is 7.39. The van der Waals surface area contributed by atoms with E-state index in [9.17, 15) is 14.6 Å². The van der Waals surface area contributed by atoms with Gasteiger partial charge in [0.05, 0.1) is 32.0 Å². The molecule has 30 heavy (non-hydrogen) atoms. The highest BCUT2D eigenvalue weighted by Gasteiger charge is 2.59. The Balaban J connectivity index is 2.13. The van der Waals surface area contributed by atoms with Crippen molar-refractivity contribution in [2.75, 3.05) is 25.6 Å². The molecule has 0 radical (unpaired) electrons. The van der Waals surface area contributed by atoms with Gasteiger partial charge in [-0.25, -0.2) is 4.98 Å². The molecule has 1 aliphatic heterocycles. The zero-order chi connectivity index (χ0) is 21.8. The lowest BCUT2D eigenvalue weighted by molar-refractivity contribution is 0.0910. The number of aromatic nitrogens is 1. The fraction of sp³-hybridized carbons (Fsp3) is 0.381. The van der Waals surface area contributed by atoms with Crippen molar-refractivity contribution in [3.8, 4) is 11.8 Å². The number of nitriles is 1. The smallest absolute Gasteiger partial charge is 0.350 e. The number of hydrogen-bond donors (Lipinski definition) is 1. The van der Waals surface area contributed by atoms with Gasteiger partial charge in [-0.2, -0.15) is 5.26 Å². The number of methoxy groups -OCH3 is 1. The van der Waals surface area contributed by atoms with Crippen molar-refractivity contribution in [2.24, 2.45) is 0 Å². The van der Waals surface area contributed by atoms with Crippen molar-refractivity contribution < 1.29 is 23.1 Å². The number of carbonyl (C=O) groups is 1. The molecule has 9 heteroatoms. The Kier molecular flexibility index (Phi) is 6.57. The van der Waals surface area contributed by atoms with Crippen LogP contribution >= 0.6 is 7.60 Å². The Bertz CT molecular complexity index is 994. The number of fused-ring (bicyclic) bond motifs is 1. The van der Waals surface area contributed by atoms with E-state index in [0.29, 0.717) is 17.1 Å². The molecule has 8 nitrogen and oxygen atoms in total. The molecule has 2 unspecified atom stereocenters. The molecular formula is C21H24N3O5P. The van der Waals surface area contributed by atoms with Crippen LogP contribution < -0.4 is 10.1 Å². The minimum atomic E-state index is -3.96. The van der Waals surface area contributed by atoms with Crippen LogP contribution in [0.5, 0.6) is 5.75 Å². The van der Waals surface area contributed by atoms with Crippen molar-refractivity contribution in [2.45, 2.75) is 31.5 Å². The Morgan fingerprint density at radius 3 is 2.40 bits per heavy atom. The van der Waals surface area contributed by atoms with Crippen LogP contribution in [-0.4, -0.2) is 42.3 Å². The topological polar surface area (TPSA) is 111 Å². The summed E-state index contributed by atoms with van der Waals surface area (Å²) in [6, 6.07) is 12.5. The van der Waals surface area contributed by atoms with Crippen LogP contribution in [0.3, 0.4) is 0 Å². The van der Waals surface area contributed by atoms with Crippen LogP contribution in [0.25, 0.3) is 0 Å². The fourth-order valence-electron chi connectivity index (χ4n) is 3.67. The number of hydrogen-bond acceptors (Lipinski definition) is 8. The van der Waals surface area contributed by atoms with Crippen molar-refractivity contribution in [3.63, 3.8) is 0 Å². The molecule has 2 atom stereocenters. The molecule has 2 heterocycles. The molecule has 1 N–H and O–H groups in total. The Morgan fingerprint density at radius 2 is 1.87 bits per heavy atom. The highest BCUT2D eigenvalue weighted by molar-refractivity contribution is 7.55. The first-order valence-electron chi connectivity index (χ1n) is 9.63. The SMILES string of the molecule is CCOP(=O)(OCC)C(C#N)C1(Cc2ccc(OC)cc2)Nc2ncccc2C1=O. The van der Waals surface area contributed by atoms with Crippen LogP contribution in [-0.2, 0) is 20.0 Å². The van der Waals surface area contributed by atoms with E-state index in [1.807, 2.05) is 0 Å². The standard InChI is InChI=1S/C21H24N3O5P/c1-4-28-30(26,29-5-2)18(14-22)21(13-15-8-10-16(27-3)11-9-15)19(25)17-7-6-12-23-20(17)24-21/h6-12,18H,4-5,13H2,1-3H3,(H,23,24). The minimum absolute atomic E-state index is 0.0768. The van der Waals surface area contributed by atoms with Crippen molar-refractivity contribution in [3.05, 3.63) is 53.7 Å². The molecule has 0 saturated heterocycles. The Morgan fingerprint density at radius 1 is 1.20 bits per heavy atom. The van der Waals surface area contributed by atoms with Gasteiger partial charge >= 0.3 is 7.60 Å². The summed E-state index contributed by atoms with van der Waals surface area (Å²) >= 11 is 0. The second-order valence-corrected chi connectivity index (χ2v) is 8.87. The van der Waals surface area contributed by atoms with Gasteiger partial charge in [0.2, 0.25) is 0 Å². The van der Waals surface area contributed by atoms with E-state index in [4.69, 9.17) is 13.8 Å². The van der Waals surface area contributed by atoms with Crippen molar-refractivity contribution >= 4 is 19.2 Å². The largest absolute Gasteiger partial charge is 0.497 e. The molecule has 1 aliphatic rings. The van der Waals surface area contributed by atoms with E-state index < -0.39 is 18.8 Å². The lowest BCUT2D eigenvalue weighted by atomic mass is 9.84. The maximum atomic E-state index is 13.6. The number of Topliss-reactive ketones (excluding diaryl/α,β-unsaturated/α-hetero) is 1. The summed E-state index contributed by atoms with van der Waals surface area (Å²) in [6.45, 7) is 3.48. The maximum Gasteiger partial charge on any atom is 0.350 e. The monoisotopic (exact) mass is 429 g/mol. The summed E-state index contributed by atoms with van der Waals surface area (Å²) in [4.78, 5) is 17.8. The molecule has 158 valence electrons. The number of anilines is 1. The van der Waals surface area contributed by atoms with Crippen LogP contribution in [0, 0.1) is 11.3 Å². The summed E-state index contributed by atoms with van der Waals surface area (Å²) < 4.78 is 29.7. The summed E-state index contributed by atoms with van der Waals surface area (Å²) in [5.74, 6) is 0.637. The molecule has 1 aromatic carbocycles. The normalized spacial score (nSPS) is 18.9. The average molecular weight is 429 g/mol. The average Bonchev–Trinajstić information content (AvgIpc) is 3.01. The number of nitrogens with one attached hydrogen (secondary N) is 1. The summed E-state index contributed by atoms with van der Waals surface area (Å²) in [7, 11) is -2.40. The van der Waals surface area contributed by atoms with Gasteiger partial charge in [-0.15, -0.1) is 0 Å². The van der Waals surface area contributed by atoms with Gasteiger partial charge in [0.25, 0.3) is 0 Å². The predicted molar refractivity (Wildman–Crippen MR) is 112 cm³/mol. The summed E-state index contributed by atoms with van der Waals surface area (Å²) in [6.07, 6.45) is 1.64. The quantitative estimate of drug-likeness (QED) is 0.599. The fourth-order valence-corrected chi connectivity index (χ4v) is 5.72. The van der Waals surface area contributed by atoms with E-state index in [1.165, 1.54) is 0 Å². The number of nitrogens with zero attached hydrogens (tertiary/aromatic N) is 2. The maximum absolute atomic E-state index is 13.6. The van der Waals surface area contributed by atoms with Crippen LogP contribution in [0.15, 0.2) is 42.6 Å². The van der Waals surface area contributed by atoms with E-state index in [2.05, 4.69) is 16.4 Å². The molecule has 0 amide bonds. The van der Waals surface area contributed by atoms with Crippen LogP contribution in [0.4, 0.5) is 5.82 Å². The molecule has 0 aliphatic carbocycles. The molecule has 0 spiro atoms. The first kappa shape index (κ1) is 22.0. The lowest BCUT2D eigenvalue weighted by Crippen LogP contribution is -2.53. The number of ether oxygens (including phenoxy) is 1. The van der Waals surface area contributed by atoms with Gasteiger partial charge in [-0.1, -0.05) is 12.1 Å². The number of pyridine rings is 1. The number of benzene rings is 1. The number of rotatable bonds is 9. The van der Waals surface area contributed by atoms with Gasteiger partial charge < -0.3 is 19.1 Å². The zero-order valence-corrected chi connectivity index (χ0v) is 18.0. The third kappa shape index (κ3) is 3.84. The third-order valence-electron chi connectivity index (χ3n) is 4.96. The first-order chi connectivity index (χ1) is 14.4. The van der Waals surface area contributed by atoms with E-state index in [-0.39, 0.29) is 25.4 Å². The Labute approximate surface area is 175 Å². The highest BCUT2D eigenvalue weighted by atomic mass is 31.2. The van der Waals surface area contributed by atoms with Crippen LogP contribution in [0.1, 0.15) is 29.8 Å². The van der Waals surface area contributed by atoms with Crippen LogP contribution in [0.2, 0.25) is 0 Å². The van der Waals surface area contributed by atoms with Gasteiger partial charge in [0.1, 0.15) is 17.1 Å². The van der Waals surface area contributed by atoms with Crippen molar-refractivity contribution in [1.29, 1.82) is 5.26 Å². The molecule has 1 aromatic heterocycles. The van der Waals surface area contributed by atoms with Gasteiger partial charge in [-0.3, -0.25) is 9.36 Å². The number of ketones is 1. The first-order valence-corrected chi connectivity index (χ1v) is 11.2. The van der Waals surface area contributed by atoms with Gasteiger partial charge in [0, 0.05) is 12.6 Å². The minimum Gasteiger partial charge on any atom is -0.497 e.